The van der Waals surface area contributed by atoms with Gasteiger partial charge in [-0.05, 0) is 6.42 Å². The molecule has 0 aliphatic carbocycles. The van der Waals surface area contributed by atoms with Crippen LogP contribution in [0.5, 0.6) is 0 Å². The van der Waals surface area contributed by atoms with E-state index in [2.05, 4.69) is 0 Å². The molecular weight excluding hydrogens is 684 g/mol. The molecule has 21 heteroatoms. The van der Waals surface area contributed by atoms with Crippen LogP contribution in [0, 0.1) is 0 Å². The summed E-state index contributed by atoms with van der Waals surface area (Å²) in [6.07, 6.45) is -5.24. The first kappa shape index (κ1) is 44.9. The van der Waals surface area contributed by atoms with E-state index in [1.807, 2.05) is 0 Å². The predicted molar refractivity (Wildman–Crippen MR) is 161 cm³/mol. The Bertz CT molecular complexity index is 963. The third-order valence-corrected chi connectivity index (χ3v) is 6.17. The second-order valence-corrected chi connectivity index (χ2v) is 10.2. The lowest BCUT2D eigenvalue weighted by atomic mass is 9.98. The largest absolute Gasteiger partial charge is 0.481 e. The van der Waals surface area contributed by atoms with Crippen LogP contribution in [0.25, 0.3) is 0 Å². The minimum Gasteiger partial charge on any atom is -0.481 e. The van der Waals surface area contributed by atoms with Gasteiger partial charge in [-0.15, -0.1) is 0 Å². The molecule has 0 aromatic carbocycles. The van der Waals surface area contributed by atoms with E-state index in [1.54, 1.807) is 0 Å². The average Bonchev–Trinajstić information content (AvgIpc) is 3.04. The number of aliphatic carboxylic acids is 5. The fourth-order valence-corrected chi connectivity index (χ4v) is 4.12. The van der Waals surface area contributed by atoms with Gasteiger partial charge < -0.3 is 77.6 Å². The van der Waals surface area contributed by atoms with Gasteiger partial charge in [0.25, 0.3) is 0 Å². The summed E-state index contributed by atoms with van der Waals surface area (Å²) in [6.45, 7) is -2.27. The van der Waals surface area contributed by atoms with Crippen molar-refractivity contribution >= 4 is 29.8 Å². The Hall–Kier alpha value is -3.09. The number of carboxylic acids is 5. The Morgan fingerprint density at radius 1 is 0.420 bits per heavy atom. The summed E-state index contributed by atoms with van der Waals surface area (Å²) < 4.78 is 61.9. The highest BCUT2D eigenvalue weighted by molar-refractivity contribution is 5.68. The molecule has 50 heavy (non-hydrogen) atoms. The predicted octanol–water partition coefficient (Wildman–Crippen LogP) is -1.42. The molecule has 5 atom stereocenters. The normalized spacial score (nSPS) is 20.4. The molecule has 0 saturated carbocycles. The minimum absolute atomic E-state index is 0.00642. The molecule has 0 spiro atoms. The first-order valence-corrected chi connectivity index (χ1v) is 15.7. The monoisotopic (exact) mass is 732 g/mol. The summed E-state index contributed by atoms with van der Waals surface area (Å²) in [4.78, 5) is 54.0. The Labute approximate surface area is 287 Å². The van der Waals surface area contributed by atoms with Crippen molar-refractivity contribution < 1.29 is 102 Å². The van der Waals surface area contributed by atoms with E-state index in [0.29, 0.717) is 0 Å². The molecular formula is C29H48O21. The molecule has 5 N–H and O–H groups in total. The molecule has 5 unspecified atom stereocenters. The van der Waals surface area contributed by atoms with Crippen LogP contribution in [0.4, 0.5) is 0 Å². The van der Waals surface area contributed by atoms with Gasteiger partial charge in [0.2, 0.25) is 0 Å². The van der Waals surface area contributed by atoms with E-state index in [1.165, 1.54) is 0 Å². The van der Waals surface area contributed by atoms with Crippen molar-refractivity contribution in [1.29, 1.82) is 0 Å². The molecule has 1 heterocycles. The van der Waals surface area contributed by atoms with Crippen molar-refractivity contribution in [2.75, 3.05) is 106 Å². The number of hydrogen-bond donors (Lipinski definition) is 5. The minimum atomic E-state index is -1.18. The number of hydrogen-bond acceptors (Lipinski definition) is 16. The van der Waals surface area contributed by atoms with Crippen molar-refractivity contribution in [2.24, 2.45) is 0 Å². The zero-order valence-corrected chi connectivity index (χ0v) is 27.6. The third-order valence-electron chi connectivity index (χ3n) is 6.17. The van der Waals surface area contributed by atoms with E-state index >= 15 is 0 Å². The van der Waals surface area contributed by atoms with Crippen molar-refractivity contribution in [1.82, 2.24) is 0 Å². The van der Waals surface area contributed by atoms with Crippen LogP contribution in [-0.4, -0.2) is 192 Å². The van der Waals surface area contributed by atoms with Crippen molar-refractivity contribution in [3.8, 4) is 0 Å². The Balaban J connectivity index is 3.16. The Kier molecular flexibility index (Phi) is 25.7. The lowest BCUT2D eigenvalue weighted by Crippen LogP contribution is -2.62. The highest BCUT2D eigenvalue weighted by Gasteiger charge is 2.49. The van der Waals surface area contributed by atoms with Crippen LogP contribution < -0.4 is 0 Å². The highest BCUT2D eigenvalue weighted by Crippen LogP contribution is 2.29. The van der Waals surface area contributed by atoms with Gasteiger partial charge >= 0.3 is 29.8 Å². The summed E-state index contributed by atoms with van der Waals surface area (Å²) in [6, 6.07) is 0. The first-order chi connectivity index (χ1) is 24.0. The maximum atomic E-state index is 10.9. The molecule has 290 valence electrons. The van der Waals surface area contributed by atoms with E-state index in [4.69, 9.17) is 77.6 Å². The first-order valence-electron chi connectivity index (χ1n) is 15.7. The van der Waals surface area contributed by atoms with Crippen LogP contribution in [-0.2, 0) is 76.1 Å². The van der Waals surface area contributed by atoms with E-state index in [9.17, 15) is 24.0 Å². The van der Waals surface area contributed by atoms with Crippen LogP contribution in [0.3, 0.4) is 0 Å². The molecule has 0 aromatic rings. The summed E-state index contributed by atoms with van der Waals surface area (Å²) in [5, 5.41) is 44.2. The molecule has 0 radical (unpaired) electrons. The number of ether oxygens (including phenoxy) is 11. The molecule has 1 fully saturated rings. The van der Waals surface area contributed by atoms with Crippen LogP contribution >= 0.6 is 0 Å². The van der Waals surface area contributed by atoms with Gasteiger partial charge in [0.15, 0.2) is 6.29 Å². The molecule has 1 rings (SSSR count). The molecule has 1 aliphatic rings. The van der Waals surface area contributed by atoms with Gasteiger partial charge in [-0.2, -0.15) is 0 Å². The Morgan fingerprint density at radius 2 is 0.860 bits per heavy atom. The maximum Gasteiger partial charge on any atom is 0.329 e. The van der Waals surface area contributed by atoms with Crippen molar-refractivity contribution in [3.05, 3.63) is 0 Å². The van der Waals surface area contributed by atoms with Gasteiger partial charge in [-0.3, -0.25) is 9.59 Å². The number of rotatable bonds is 34. The topological polar surface area (TPSA) is 288 Å². The lowest BCUT2D eigenvalue weighted by Gasteiger charge is -2.45. The van der Waals surface area contributed by atoms with Gasteiger partial charge in [0.05, 0.1) is 85.5 Å². The maximum absolute atomic E-state index is 10.9. The molecule has 1 saturated heterocycles. The van der Waals surface area contributed by atoms with Gasteiger partial charge in [-0.25, -0.2) is 14.4 Å². The second-order valence-electron chi connectivity index (χ2n) is 10.2. The quantitative estimate of drug-likeness (QED) is 0.0474. The lowest BCUT2D eigenvalue weighted by molar-refractivity contribution is -0.326. The zero-order valence-electron chi connectivity index (χ0n) is 27.6. The summed E-state index contributed by atoms with van der Waals surface area (Å²) in [5.41, 5.74) is 0. The average molecular weight is 733 g/mol. The van der Waals surface area contributed by atoms with Gasteiger partial charge in [0, 0.05) is 13.2 Å². The molecule has 1 aliphatic heterocycles. The smallest absolute Gasteiger partial charge is 0.329 e. The molecule has 21 nitrogen and oxygen atoms in total. The zero-order chi connectivity index (χ0) is 37.0. The van der Waals surface area contributed by atoms with Gasteiger partial charge in [-0.1, -0.05) is 0 Å². The van der Waals surface area contributed by atoms with Crippen molar-refractivity contribution in [3.63, 3.8) is 0 Å². The standard InChI is InChI=1S/C29H48O21/c30-21(31)2-6-40-10-13-48-28-27(46-5-1-4-42-17-23(34)35)26(47-14-12-45-19-25(38)39)20(16-43-8-9-44-18-24(36)37)50-29(28)49-15-11-41-7-3-22(32)33/h20,26-29H,1-19H2,(H,30,31)(H,32,33)(H,34,35)(H,36,37)(H,38,39). The van der Waals surface area contributed by atoms with Crippen LogP contribution in [0.1, 0.15) is 19.3 Å². The fraction of sp³-hybridized carbons (Fsp3) is 0.828. The van der Waals surface area contributed by atoms with Crippen molar-refractivity contribution in [2.45, 2.75) is 50.0 Å². The summed E-state index contributed by atoms with van der Waals surface area (Å²) >= 11 is 0. The third kappa shape index (κ3) is 23.3. The van der Waals surface area contributed by atoms with E-state index < -0.39 is 80.4 Å². The Morgan fingerprint density at radius 3 is 1.40 bits per heavy atom. The number of carbonyl (C=O) groups is 5. The highest BCUT2D eigenvalue weighted by atomic mass is 16.7. The summed E-state index contributed by atoms with van der Waals surface area (Å²) in [7, 11) is 0. The fourth-order valence-electron chi connectivity index (χ4n) is 4.12. The molecule has 0 bridgehead atoms. The van der Waals surface area contributed by atoms with Crippen LogP contribution in [0.2, 0.25) is 0 Å². The second kappa shape index (κ2) is 28.6. The molecule has 0 amide bonds. The summed E-state index contributed by atoms with van der Waals surface area (Å²) in [5.74, 6) is -5.56. The van der Waals surface area contributed by atoms with Crippen LogP contribution in [0.15, 0.2) is 0 Å². The van der Waals surface area contributed by atoms with E-state index in [-0.39, 0.29) is 105 Å². The van der Waals surface area contributed by atoms with E-state index in [0.717, 1.165) is 0 Å². The number of carboxylic acid groups (broad SMARTS) is 5. The SMILES string of the molecule is O=C(O)CCOCCOC1OC(COCCOCC(=O)O)C(OCCOCC(=O)O)C(OCCCOCC(=O)O)C1OCCOCCC(=O)O. The van der Waals surface area contributed by atoms with Gasteiger partial charge in [0.1, 0.15) is 44.2 Å². The molecule has 0 aromatic heterocycles.